The molecule has 2 amide bonds. The maximum atomic E-state index is 14.6. The van der Waals surface area contributed by atoms with Gasteiger partial charge in [-0.2, -0.15) is 10.5 Å². The maximum absolute atomic E-state index is 14.6. The second-order valence-corrected chi connectivity index (χ2v) is 14.0. The number of allylic oxidation sites excluding steroid dienone is 5. The Morgan fingerprint density at radius 2 is 1.13 bits per heavy atom. The fraction of sp³-hybridized carbons (Fsp3) is 0.467. The van der Waals surface area contributed by atoms with E-state index >= 15 is 0 Å². The van der Waals surface area contributed by atoms with Gasteiger partial charge >= 0.3 is 0 Å². The first-order valence-electron chi connectivity index (χ1n) is 19.7. The number of hydrogen-bond donors (Lipinski definition) is 0. The van der Waals surface area contributed by atoms with Crippen LogP contribution in [0.25, 0.3) is 17.5 Å². The van der Waals surface area contributed by atoms with Crippen molar-refractivity contribution in [2.45, 2.75) is 117 Å². The summed E-state index contributed by atoms with van der Waals surface area (Å²) < 4.78 is 12.4. The molecule has 0 saturated carbocycles. The molecular formula is C45H52N4O4. The standard InChI is InChI=1S/C45H52N4O4/c1-3-5-7-9-11-13-15-19-29-48-42(38-27-25-36(52-38)24-23-34-21-17-18-22-34)40-41(45(48)51)43(39-28-26-37(53-39)31-35(32-46)33-47)49(44(40)50)30-20-16-14-12-10-8-6-4-2/h17-18,21-22,25-28,31,34H,3-16,19-20,29-30H2,1-2H3. The summed E-state index contributed by atoms with van der Waals surface area (Å²) >= 11 is 0. The second-order valence-electron chi connectivity index (χ2n) is 14.0. The Hall–Kier alpha value is -5.26. The largest absolute Gasteiger partial charge is 0.455 e. The van der Waals surface area contributed by atoms with Crippen molar-refractivity contribution in [2.24, 2.45) is 5.92 Å². The highest BCUT2D eigenvalue weighted by Crippen LogP contribution is 2.47. The third-order valence-electron chi connectivity index (χ3n) is 9.99. The normalized spacial score (nSPS) is 15.0. The SMILES string of the molecule is CCCCCCCCCCN1C(=O)C2=C(c3ccc(C=C(C#N)C#N)o3)N(CCCCCCCCCC)C(=O)C2=C1c1ccc(C#CC2C=CC=C2)o1. The molecule has 0 radical (unpaired) electrons. The Kier molecular flexibility index (Phi) is 14.8. The second kappa shape index (κ2) is 20.1. The van der Waals surface area contributed by atoms with Crippen LogP contribution in [0.3, 0.4) is 0 Å². The number of furan rings is 2. The lowest BCUT2D eigenvalue weighted by atomic mass is 10.1. The van der Waals surface area contributed by atoms with E-state index in [1.54, 1.807) is 34.1 Å². The molecular weight excluding hydrogens is 661 g/mol. The fourth-order valence-corrected chi connectivity index (χ4v) is 7.15. The van der Waals surface area contributed by atoms with Gasteiger partial charge in [0.2, 0.25) is 0 Å². The number of nitrogens with zero attached hydrogens (tertiary/aromatic N) is 4. The molecule has 0 N–H and O–H groups in total. The number of fused-ring (bicyclic) bond motifs is 1. The molecule has 53 heavy (non-hydrogen) atoms. The lowest BCUT2D eigenvalue weighted by molar-refractivity contribution is -0.124. The van der Waals surface area contributed by atoms with Crippen LogP contribution in [0.2, 0.25) is 0 Å². The monoisotopic (exact) mass is 712 g/mol. The Morgan fingerprint density at radius 3 is 1.64 bits per heavy atom. The van der Waals surface area contributed by atoms with Crippen molar-refractivity contribution in [2.75, 3.05) is 13.1 Å². The third-order valence-corrected chi connectivity index (χ3v) is 9.99. The van der Waals surface area contributed by atoms with Crippen molar-refractivity contribution < 1.29 is 18.4 Å². The van der Waals surface area contributed by atoms with E-state index in [4.69, 9.17) is 8.83 Å². The highest BCUT2D eigenvalue weighted by molar-refractivity contribution is 6.29. The van der Waals surface area contributed by atoms with Gasteiger partial charge < -0.3 is 18.6 Å². The third kappa shape index (κ3) is 10.00. The molecule has 0 aromatic carbocycles. The maximum Gasteiger partial charge on any atom is 0.261 e. The number of carbonyl (C=O) groups is 2. The quantitative estimate of drug-likeness (QED) is 0.0723. The van der Waals surface area contributed by atoms with Gasteiger partial charge in [-0.3, -0.25) is 9.59 Å². The van der Waals surface area contributed by atoms with E-state index in [2.05, 4.69) is 25.7 Å². The van der Waals surface area contributed by atoms with Crippen LogP contribution >= 0.6 is 0 Å². The molecule has 276 valence electrons. The van der Waals surface area contributed by atoms with E-state index in [0.29, 0.717) is 58.7 Å². The highest BCUT2D eigenvalue weighted by Gasteiger charge is 2.50. The van der Waals surface area contributed by atoms with E-state index in [-0.39, 0.29) is 23.3 Å². The number of unbranched alkanes of at least 4 members (excludes halogenated alkanes) is 14. The molecule has 4 heterocycles. The molecule has 2 aromatic heterocycles. The summed E-state index contributed by atoms with van der Waals surface area (Å²) in [7, 11) is 0. The van der Waals surface area contributed by atoms with Crippen LogP contribution in [-0.4, -0.2) is 34.7 Å². The minimum absolute atomic E-state index is 0.0148. The Balaban J connectivity index is 1.48. The van der Waals surface area contributed by atoms with E-state index in [0.717, 1.165) is 44.9 Å². The van der Waals surface area contributed by atoms with Crippen LogP contribution in [0.1, 0.15) is 140 Å². The molecule has 2 aromatic rings. The van der Waals surface area contributed by atoms with Crippen molar-refractivity contribution >= 4 is 29.3 Å². The highest BCUT2D eigenvalue weighted by atomic mass is 16.3. The summed E-state index contributed by atoms with van der Waals surface area (Å²) in [6, 6.07) is 10.7. The van der Waals surface area contributed by atoms with Gasteiger partial charge in [-0.15, -0.1) is 0 Å². The average Bonchev–Trinajstić information content (AvgIpc) is 4.01. The molecule has 8 nitrogen and oxygen atoms in total. The van der Waals surface area contributed by atoms with Crippen molar-refractivity contribution in [1.82, 2.24) is 9.80 Å². The average molecular weight is 713 g/mol. The predicted molar refractivity (Wildman–Crippen MR) is 208 cm³/mol. The van der Waals surface area contributed by atoms with Gasteiger partial charge in [-0.25, -0.2) is 0 Å². The van der Waals surface area contributed by atoms with Gasteiger partial charge in [0.1, 0.15) is 34.9 Å². The van der Waals surface area contributed by atoms with Crippen LogP contribution in [0, 0.1) is 40.4 Å². The first-order valence-corrected chi connectivity index (χ1v) is 19.7. The predicted octanol–water partition coefficient (Wildman–Crippen LogP) is 10.5. The molecule has 0 spiro atoms. The van der Waals surface area contributed by atoms with Crippen molar-refractivity contribution in [1.29, 1.82) is 10.5 Å². The molecule has 0 bridgehead atoms. The number of carbonyl (C=O) groups excluding carboxylic acids is 2. The summed E-state index contributed by atoms with van der Waals surface area (Å²) in [6.45, 7) is 5.31. The van der Waals surface area contributed by atoms with E-state index in [1.807, 2.05) is 36.4 Å². The topological polar surface area (TPSA) is 114 Å². The minimum atomic E-state index is -0.256. The summed E-state index contributed by atoms with van der Waals surface area (Å²) in [6.07, 6.45) is 27.2. The molecule has 0 atom stereocenters. The molecule has 5 rings (SSSR count). The molecule has 0 saturated heterocycles. The van der Waals surface area contributed by atoms with Crippen LogP contribution < -0.4 is 0 Å². The first kappa shape index (κ1) is 39.0. The summed E-state index contributed by atoms with van der Waals surface area (Å²) in [5, 5.41) is 18.7. The van der Waals surface area contributed by atoms with Crippen LogP contribution in [-0.2, 0) is 9.59 Å². The summed E-state index contributed by atoms with van der Waals surface area (Å²) in [5.74, 6) is 7.35. The van der Waals surface area contributed by atoms with Gasteiger partial charge in [0.15, 0.2) is 17.3 Å². The number of hydrogen-bond acceptors (Lipinski definition) is 6. The Labute approximate surface area is 315 Å². The van der Waals surface area contributed by atoms with Gasteiger partial charge in [0.05, 0.1) is 17.1 Å². The van der Waals surface area contributed by atoms with Gasteiger partial charge in [0, 0.05) is 19.2 Å². The lowest BCUT2D eigenvalue weighted by Crippen LogP contribution is -2.31. The fourth-order valence-electron chi connectivity index (χ4n) is 7.15. The number of nitriles is 2. The smallest absolute Gasteiger partial charge is 0.261 e. The Morgan fingerprint density at radius 1 is 0.660 bits per heavy atom. The van der Waals surface area contributed by atoms with Crippen molar-refractivity contribution in [3.8, 4) is 24.0 Å². The Bertz CT molecular complexity index is 1880. The minimum Gasteiger partial charge on any atom is -0.455 e. The molecule has 0 unspecified atom stereocenters. The molecule has 2 aliphatic heterocycles. The molecule has 0 fully saturated rings. The molecule has 3 aliphatic rings. The zero-order valence-electron chi connectivity index (χ0n) is 31.4. The summed E-state index contributed by atoms with van der Waals surface area (Å²) in [5.41, 5.74) is 1.43. The van der Waals surface area contributed by atoms with Crippen LogP contribution in [0.5, 0.6) is 0 Å². The van der Waals surface area contributed by atoms with Crippen molar-refractivity contribution in [3.63, 3.8) is 0 Å². The van der Waals surface area contributed by atoms with E-state index in [1.165, 1.54) is 63.9 Å². The zero-order chi connectivity index (χ0) is 37.4. The van der Waals surface area contributed by atoms with Gasteiger partial charge in [0.25, 0.3) is 11.8 Å². The van der Waals surface area contributed by atoms with Crippen molar-refractivity contribution in [3.05, 3.63) is 88.3 Å². The van der Waals surface area contributed by atoms with E-state index < -0.39 is 0 Å². The number of rotatable bonds is 21. The zero-order valence-corrected chi connectivity index (χ0v) is 31.4. The summed E-state index contributed by atoms with van der Waals surface area (Å²) in [4.78, 5) is 32.6. The van der Waals surface area contributed by atoms with Crippen LogP contribution in [0.4, 0.5) is 0 Å². The number of amides is 2. The first-order chi connectivity index (χ1) is 26.0. The molecule has 8 heteroatoms. The van der Waals surface area contributed by atoms with Crippen LogP contribution in [0.15, 0.2) is 74.1 Å². The van der Waals surface area contributed by atoms with Gasteiger partial charge in [-0.05, 0) is 43.0 Å². The van der Waals surface area contributed by atoms with E-state index in [9.17, 15) is 20.1 Å². The van der Waals surface area contributed by atoms with Gasteiger partial charge in [-0.1, -0.05) is 134 Å². The lowest BCUT2D eigenvalue weighted by Gasteiger charge is -2.23. The molecule has 1 aliphatic carbocycles.